The summed E-state index contributed by atoms with van der Waals surface area (Å²) in [6, 6.07) is 0. The topological polar surface area (TPSA) is 29.5 Å². The first-order valence-corrected chi connectivity index (χ1v) is 6.05. The first-order valence-electron chi connectivity index (χ1n) is 6.05. The van der Waals surface area contributed by atoms with Gasteiger partial charge in [0.2, 0.25) is 0 Å². The SMILES string of the molecule is C[C@@H]1CN(CC2CCCC2=O)C[C@H](C)O1. The average Bonchev–Trinajstić information content (AvgIpc) is 2.50. The van der Waals surface area contributed by atoms with E-state index >= 15 is 0 Å². The number of ketones is 1. The predicted molar refractivity (Wildman–Crippen MR) is 58.8 cm³/mol. The molecule has 1 unspecified atom stereocenters. The summed E-state index contributed by atoms with van der Waals surface area (Å²) in [5.74, 6) is 0.782. The van der Waals surface area contributed by atoms with Crippen molar-refractivity contribution in [3.05, 3.63) is 0 Å². The average molecular weight is 211 g/mol. The fraction of sp³-hybridized carbons (Fsp3) is 0.917. The van der Waals surface area contributed by atoms with Gasteiger partial charge in [-0.25, -0.2) is 0 Å². The summed E-state index contributed by atoms with van der Waals surface area (Å²) in [5, 5.41) is 0. The van der Waals surface area contributed by atoms with Gasteiger partial charge < -0.3 is 4.74 Å². The maximum atomic E-state index is 11.6. The van der Waals surface area contributed by atoms with Gasteiger partial charge in [0.05, 0.1) is 12.2 Å². The molecule has 3 nitrogen and oxygen atoms in total. The van der Waals surface area contributed by atoms with Crippen LogP contribution in [0.4, 0.5) is 0 Å². The standard InChI is InChI=1S/C12H21NO2/c1-9-6-13(7-10(2)15-9)8-11-4-3-5-12(11)14/h9-11H,3-8H2,1-2H3/t9-,10+,11?. The quantitative estimate of drug-likeness (QED) is 0.692. The minimum Gasteiger partial charge on any atom is -0.373 e. The number of ether oxygens (including phenoxy) is 1. The normalized spacial score (nSPS) is 38.5. The Labute approximate surface area is 91.8 Å². The molecule has 1 aliphatic carbocycles. The Balaban J connectivity index is 1.85. The second-order valence-corrected chi connectivity index (χ2v) is 5.03. The lowest BCUT2D eigenvalue weighted by atomic mass is 10.1. The summed E-state index contributed by atoms with van der Waals surface area (Å²) in [5.41, 5.74) is 0. The Hall–Kier alpha value is -0.410. The molecule has 86 valence electrons. The van der Waals surface area contributed by atoms with Crippen molar-refractivity contribution in [3.8, 4) is 0 Å². The van der Waals surface area contributed by atoms with E-state index in [9.17, 15) is 4.79 Å². The van der Waals surface area contributed by atoms with E-state index < -0.39 is 0 Å². The van der Waals surface area contributed by atoms with Gasteiger partial charge in [0.25, 0.3) is 0 Å². The molecule has 2 aliphatic rings. The van der Waals surface area contributed by atoms with Crippen LogP contribution < -0.4 is 0 Å². The molecule has 0 bridgehead atoms. The molecule has 0 aromatic carbocycles. The summed E-state index contributed by atoms with van der Waals surface area (Å²) in [7, 11) is 0. The highest BCUT2D eigenvalue weighted by Crippen LogP contribution is 2.23. The largest absolute Gasteiger partial charge is 0.373 e. The molecule has 1 saturated heterocycles. The maximum Gasteiger partial charge on any atom is 0.137 e. The second kappa shape index (κ2) is 4.62. The van der Waals surface area contributed by atoms with Gasteiger partial charge in [-0.2, -0.15) is 0 Å². The Morgan fingerprint density at radius 3 is 2.53 bits per heavy atom. The van der Waals surface area contributed by atoms with Crippen molar-refractivity contribution >= 4 is 5.78 Å². The summed E-state index contributed by atoms with van der Waals surface area (Å²) >= 11 is 0. The number of carbonyl (C=O) groups excluding carboxylic acids is 1. The van der Waals surface area contributed by atoms with Gasteiger partial charge in [-0.1, -0.05) is 0 Å². The number of Topliss-reactive ketones (excluding diaryl/α,β-unsaturated/α-hetero) is 1. The Kier molecular flexibility index (Phi) is 3.42. The number of nitrogens with zero attached hydrogens (tertiary/aromatic N) is 1. The number of rotatable bonds is 2. The van der Waals surface area contributed by atoms with E-state index in [1.54, 1.807) is 0 Å². The Morgan fingerprint density at radius 1 is 1.33 bits per heavy atom. The van der Waals surface area contributed by atoms with E-state index in [0.717, 1.165) is 38.9 Å². The minimum atomic E-state index is 0.308. The van der Waals surface area contributed by atoms with E-state index in [2.05, 4.69) is 18.7 Å². The molecule has 0 spiro atoms. The van der Waals surface area contributed by atoms with E-state index in [1.165, 1.54) is 0 Å². The zero-order valence-corrected chi connectivity index (χ0v) is 9.74. The molecular formula is C12H21NO2. The van der Waals surface area contributed by atoms with Crippen molar-refractivity contribution in [1.82, 2.24) is 4.90 Å². The summed E-state index contributed by atoms with van der Waals surface area (Å²) in [6.45, 7) is 7.14. The molecule has 0 amide bonds. The zero-order valence-electron chi connectivity index (χ0n) is 9.74. The lowest BCUT2D eigenvalue weighted by Crippen LogP contribution is -2.47. The van der Waals surface area contributed by atoms with Crippen LogP contribution in [0.25, 0.3) is 0 Å². The molecular weight excluding hydrogens is 190 g/mol. The van der Waals surface area contributed by atoms with Crippen molar-refractivity contribution in [3.63, 3.8) is 0 Å². The smallest absolute Gasteiger partial charge is 0.137 e. The number of hydrogen-bond donors (Lipinski definition) is 0. The van der Waals surface area contributed by atoms with Gasteiger partial charge in [0, 0.05) is 32.0 Å². The van der Waals surface area contributed by atoms with Crippen LogP contribution in [0, 0.1) is 5.92 Å². The van der Waals surface area contributed by atoms with Crippen molar-refractivity contribution in [2.45, 2.75) is 45.3 Å². The van der Waals surface area contributed by atoms with Gasteiger partial charge >= 0.3 is 0 Å². The first kappa shape index (κ1) is 11.1. The van der Waals surface area contributed by atoms with E-state index in [1.807, 2.05) is 0 Å². The molecule has 0 N–H and O–H groups in total. The first-order chi connectivity index (χ1) is 7.15. The molecule has 0 aromatic rings. The van der Waals surface area contributed by atoms with Crippen LogP contribution in [0.15, 0.2) is 0 Å². The van der Waals surface area contributed by atoms with Crippen molar-refractivity contribution in [2.75, 3.05) is 19.6 Å². The van der Waals surface area contributed by atoms with Gasteiger partial charge in [-0.05, 0) is 26.7 Å². The Bertz CT molecular complexity index is 232. The molecule has 1 aliphatic heterocycles. The fourth-order valence-corrected chi connectivity index (χ4v) is 2.83. The van der Waals surface area contributed by atoms with Crippen molar-refractivity contribution in [2.24, 2.45) is 5.92 Å². The Morgan fingerprint density at radius 2 is 2.00 bits per heavy atom. The third kappa shape index (κ3) is 2.79. The van der Waals surface area contributed by atoms with Crippen LogP contribution >= 0.6 is 0 Å². The second-order valence-electron chi connectivity index (χ2n) is 5.03. The minimum absolute atomic E-state index is 0.308. The molecule has 3 atom stereocenters. The number of hydrogen-bond acceptors (Lipinski definition) is 3. The van der Waals surface area contributed by atoms with Crippen molar-refractivity contribution in [1.29, 1.82) is 0 Å². The summed E-state index contributed by atoms with van der Waals surface area (Å²) < 4.78 is 5.68. The highest BCUT2D eigenvalue weighted by molar-refractivity contribution is 5.83. The third-order valence-corrected chi connectivity index (χ3v) is 3.40. The lowest BCUT2D eigenvalue weighted by molar-refractivity contribution is -0.122. The number of carbonyl (C=O) groups is 1. The van der Waals surface area contributed by atoms with Gasteiger partial charge in [-0.3, -0.25) is 9.69 Å². The number of morpholine rings is 1. The molecule has 15 heavy (non-hydrogen) atoms. The summed E-state index contributed by atoms with van der Waals surface area (Å²) in [4.78, 5) is 13.9. The molecule has 1 saturated carbocycles. The maximum absolute atomic E-state index is 11.6. The lowest BCUT2D eigenvalue weighted by Gasteiger charge is -2.36. The van der Waals surface area contributed by atoms with Crippen LogP contribution in [0.3, 0.4) is 0 Å². The predicted octanol–water partition coefficient (Wildman–Crippen LogP) is 1.46. The highest BCUT2D eigenvalue weighted by Gasteiger charge is 2.29. The van der Waals surface area contributed by atoms with Gasteiger partial charge in [-0.15, -0.1) is 0 Å². The zero-order chi connectivity index (χ0) is 10.8. The molecule has 0 radical (unpaired) electrons. The van der Waals surface area contributed by atoms with Crippen LogP contribution in [0.2, 0.25) is 0 Å². The van der Waals surface area contributed by atoms with Crippen LogP contribution in [0.1, 0.15) is 33.1 Å². The van der Waals surface area contributed by atoms with Gasteiger partial charge in [0.15, 0.2) is 0 Å². The highest BCUT2D eigenvalue weighted by atomic mass is 16.5. The van der Waals surface area contributed by atoms with Crippen LogP contribution in [-0.4, -0.2) is 42.5 Å². The monoisotopic (exact) mass is 211 g/mol. The summed E-state index contributed by atoms with van der Waals surface area (Å²) in [6.07, 6.45) is 3.62. The fourth-order valence-electron chi connectivity index (χ4n) is 2.83. The molecule has 1 heterocycles. The molecule has 3 heteroatoms. The van der Waals surface area contributed by atoms with Crippen LogP contribution in [-0.2, 0) is 9.53 Å². The van der Waals surface area contributed by atoms with E-state index in [0.29, 0.717) is 23.9 Å². The molecule has 0 aromatic heterocycles. The van der Waals surface area contributed by atoms with Crippen LogP contribution in [0.5, 0.6) is 0 Å². The van der Waals surface area contributed by atoms with E-state index in [-0.39, 0.29) is 0 Å². The van der Waals surface area contributed by atoms with Crippen molar-refractivity contribution < 1.29 is 9.53 Å². The third-order valence-electron chi connectivity index (χ3n) is 3.40. The molecule has 2 rings (SSSR count). The molecule has 2 fully saturated rings. The van der Waals surface area contributed by atoms with Gasteiger partial charge in [0.1, 0.15) is 5.78 Å². The van der Waals surface area contributed by atoms with E-state index in [4.69, 9.17) is 4.74 Å².